The number of nitriles is 1. The SMILES string of the molecule is CC(C)(C)OC(=O)N[C@H](c1ccsc1)[C@@]1(C#N)CCCC1=O. The molecular formula is C16H20N2O3S. The van der Waals surface area contributed by atoms with Crippen LogP contribution in [0.25, 0.3) is 0 Å². The monoisotopic (exact) mass is 320 g/mol. The van der Waals surface area contributed by atoms with Crippen LogP contribution in [-0.2, 0) is 9.53 Å². The van der Waals surface area contributed by atoms with E-state index in [0.29, 0.717) is 19.3 Å². The first kappa shape index (κ1) is 16.5. The van der Waals surface area contributed by atoms with Crippen molar-refractivity contribution in [2.24, 2.45) is 5.41 Å². The van der Waals surface area contributed by atoms with Crippen LogP contribution in [0.5, 0.6) is 0 Å². The number of ether oxygens (including phenoxy) is 1. The van der Waals surface area contributed by atoms with Gasteiger partial charge in [0.1, 0.15) is 11.0 Å². The Balaban J connectivity index is 2.31. The second-order valence-corrected chi connectivity index (χ2v) is 7.28. The Morgan fingerprint density at radius 1 is 1.55 bits per heavy atom. The molecule has 2 rings (SSSR count). The predicted molar refractivity (Wildman–Crippen MR) is 83.3 cm³/mol. The van der Waals surface area contributed by atoms with Gasteiger partial charge in [0.15, 0.2) is 5.78 Å². The molecule has 0 spiro atoms. The smallest absolute Gasteiger partial charge is 0.408 e. The van der Waals surface area contributed by atoms with E-state index in [0.717, 1.165) is 5.56 Å². The number of nitrogens with one attached hydrogen (secondary N) is 1. The van der Waals surface area contributed by atoms with Crippen LogP contribution in [0.2, 0.25) is 0 Å². The summed E-state index contributed by atoms with van der Waals surface area (Å²) in [6, 6.07) is 3.33. The van der Waals surface area contributed by atoms with Crippen LogP contribution in [-0.4, -0.2) is 17.5 Å². The highest BCUT2D eigenvalue weighted by Crippen LogP contribution is 2.45. The van der Waals surface area contributed by atoms with Gasteiger partial charge < -0.3 is 10.1 Å². The zero-order valence-corrected chi connectivity index (χ0v) is 13.8. The van der Waals surface area contributed by atoms with Crippen molar-refractivity contribution in [2.75, 3.05) is 0 Å². The standard InChI is InChI=1S/C16H20N2O3S/c1-15(2,3)21-14(20)18-13(11-6-8-22-9-11)16(10-17)7-4-5-12(16)19/h6,8-9,13H,4-5,7H2,1-3H3,(H,18,20)/t13-,16-/m1/s1. The van der Waals surface area contributed by atoms with Crippen molar-refractivity contribution in [1.29, 1.82) is 5.26 Å². The number of Topliss-reactive ketones (excluding diaryl/α,β-unsaturated/α-hetero) is 1. The van der Waals surface area contributed by atoms with Crippen LogP contribution in [0.15, 0.2) is 16.8 Å². The van der Waals surface area contributed by atoms with Gasteiger partial charge in [-0.25, -0.2) is 4.79 Å². The lowest BCUT2D eigenvalue weighted by Gasteiger charge is -2.31. The number of hydrogen-bond acceptors (Lipinski definition) is 5. The Morgan fingerprint density at radius 2 is 2.27 bits per heavy atom. The molecule has 5 nitrogen and oxygen atoms in total. The van der Waals surface area contributed by atoms with Gasteiger partial charge in [-0.3, -0.25) is 4.79 Å². The van der Waals surface area contributed by atoms with E-state index in [-0.39, 0.29) is 5.78 Å². The molecule has 1 saturated carbocycles. The molecule has 0 aliphatic heterocycles. The highest BCUT2D eigenvalue weighted by molar-refractivity contribution is 7.08. The first-order valence-corrected chi connectivity index (χ1v) is 8.19. The summed E-state index contributed by atoms with van der Waals surface area (Å²) in [5.41, 5.74) is -1.06. The van der Waals surface area contributed by atoms with E-state index in [1.807, 2.05) is 16.8 Å². The Labute approximate surface area is 134 Å². The number of nitrogens with zero attached hydrogens (tertiary/aromatic N) is 1. The molecule has 0 saturated heterocycles. The second-order valence-electron chi connectivity index (χ2n) is 6.50. The molecule has 1 aliphatic carbocycles. The molecule has 118 valence electrons. The van der Waals surface area contributed by atoms with Gasteiger partial charge in [-0.05, 0) is 56.0 Å². The maximum absolute atomic E-state index is 12.3. The third kappa shape index (κ3) is 3.30. The van der Waals surface area contributed by atoms with E-state index in [2.05, 4.69) is 11.4 Å². The van der Waals surface area contributed by atoms with Crippen molar-refractivity contribution >= 4 is 23.2 Å². The van der Waals surface area contributed by atoms with Crippen LogP contribution in [0.1, 0.15) is 51.6 Å². The largest absolute Gasteiger partial charge is 0.444 e. The molecule has 1 aromatic rings. The zero-order valence-electron chi connectivity index (χ0n) is 13.0. The zero-order chi connectivity index (χ0) is 16.4. The molecule has 0 unspecified atom stereocenters. The average Bonchev–Trinajstić information content (AvgIpc) is 3.04. The number of amides is 1. The summed E-state index contributed by atoms with van der Waals surface area (Å²) in [5.74, 6) is -0.109. The van der Waals surface area contributed by atoms with E-state index in [1.165, 1.54) is 11.3 Å². The lowest BCUT2D eigenvalue weighted by Crippen LogP contribution is -2.44. The maximum Gasteiger partial charge on any atom is 0.408 e. The van der Waals surface area contributed by atoms with E-state index >= 15 is 0 Å². The van der Waals surface area contributed by atoms with Crippen LogP contribution < -0.4 is 5.32 Å². The van der Waals surface area contributed by atoms with Gasteiger partial charge in [-0.1, -0.05) is 0 Å². The first-order chi connectivity index (χ1) is 10.3. The summed E-state index contributed by atoms with van der Waals surface area (Å²) in [7, 11) is 0. The molecule has 0 aromatic carbocycles. The van der Waals surface area contributed by atoms with Gasteiger partial charge in [0, 0.05) is 6.42 Å². The Kier molecular flexibility index (Phi) is 4.57. The molecule has 1 fully saturated rings. The number of ketones is 1. The third-order valence-corrected chi connectivity index (χ3v) is 4.40. The molecule has 1 amide bonds. The van der Waals surface area contributed by atoms with Gasteiger partial charge in [0.25, 0.3) is 0 Å². The lowest BCUT2D eigenvalue weighted by molar-refractivity contribution is -0.124. The minimum absolute atomic E-state index is 0.109. The first-order valence-electron chi connectivity index (χ1n) is 7.25. The van der Waals surface area contributed by atoms with Crippen molar-refractivity contribution in [3.8, 4) is 6.07 Å². The van der Waals surface area contributed by atoms with E-state index in [9.17, 15) is 14.9 Å². The fraction of sp³-hybridized carbons (Fsp3) is 0.562. The normalized spacial score (nSPS) is 22.9. The quantitative estimate of drug-likeness (QED) is 0.923. The Morgan fingerprint density at radius 3 is 2.73 bits per heavy atom. The van der Waals surface area contributed by atoms with Crippen molar-refractivity contribution in [2.45, 2.75) is 51.7 Å². The lowest BCUT2D eigenvalue weighted by atomic mass is 9.76. The van der Waals surface area contributed by atoms with Gasteiger partial charge in [0.05, 0.1) is 12.1 Å². The van der Waals surface area contributed by atoms with E-state index in [1.54, 1.807) is 20.8 Å². The Hall–Kier alpha value is -1.87. The molecule has 0 bridgehead atoms. The maximum atomic E-state index is 12.3. The predicted octanol–water partition coefficient (Wildman–Crippen LogP) is 3.58. The highest BCUT2D eigenvalue weighted by atomic mass is 32.1. The van der Waals surface area contributed by atoms with Gasteiger partial charge >= 0.3 is 6.09 Å². The van der Waals surface area contributed by atoms with Crippen LogP contribution in [0.3, 0.4) is 0 Å². The van der Waals surface area contributed by atoms with E-state index in [4.69, 9.17) is 4.74 Å². The number of alkyl carbamates (subject to hydrolysis) is 1. The van der Waals surface area contributed by atoms with Crippen molar-refractivity contribution < 1.29 is 14.3 Å². The van der Waals surface area contributed by atoms with Gasteiger partial charge in [-0.2, -0.15) is 16.6 Å². The van der Waals surface area contributed by atoms with Gasteiger partial charge in [-0.15, -0.1) is 0 Å². The number of thiophene rings is 1. The molecule has 1 N–H and O–H groups in total. The van der Waals surface area contributed by atoms with Crippen molar-refractivity contribution in [3.05, 3.63) is 22.4 Å². The van der Waals surface area contributed by atoms with Crippen molar-refractivity contribution in [1.82, 2.24) is 5.32 Å². The highest BCUT2D eigenvalue weighted by Gasteiger charge is 2.50. The molecule has 6 heteroatoms. The molecular weight excluding hydrogens is 300 g/mol. The fourth-order valence-corrected chi connectivity index (χ4v) is 3.42. The van der Waals surface area contributed by atoms with Crippen LogP contribution in [0.4, 0.5) is 4.79 Å². The third-order valence-electron chi connectivity index (χ3n) is 3.70. The topological polar surface area (TPSA) is 79.2 Å². The number of carbonyl (C=O) groups excluding carboxylic acids is 2. The number of rotatable bonds is 3. The fourth-order valence-electron chi connectivity index (χ4n) is 2.73. The molecule has 1 heterocycles. The number of carbonyl (C=O) groups is 2. The van der Waals surface area contributed by atoms with E-state index < -0.39 is 23.2 Å². The molecule has 2 atom stereocenters. The Bertz CT molecular complexity index is 598. The summed E-state index contributed by atoms with van der Waals surface area (Å²) in [6.07, 6.45) is 0.893. The summed E-state index contributed by atoms with van der Waals surface area (Å²) in [6.45, 7) is 5.31. The minimum Gasteiger partial charge on any atom is -0.444 e. The summed E-state index contributed by atoms with van der Waals surface area (Å²) in [5, 5.41) is 16.1. The molecule has 0 radical (unpaired) electrons. The van der Waals surface area contributed by atoms with Crippen molar-refractivity contribution in [3.63, 3.8) is 0 Å². The molecule has 1 aromatic heterocycles. The summed E-state index contributed by atoms with van der Waals surface area (Å²) >= 11 is 1.46. The van der Waals surface area contributed by atoms with Crippen LogP contribution in [0, 0.1) is 16.7 Å². The average molecular weight is 320 g/mol. The molecule has 1 aliphatic rings. The molecule has 22 heavy (non-hydrogen) atoms. The van der Waals surface area contributed by atoms with Crippen LogP contribution >= 0.6 is 11.3 Å². The second kappa shape index (κ2) is 6.09. The summed E-state index contributed by atoms with van der Waals surface area (Å²) in [4.78, 5) is 24.5. The van der Waals surface area contributed by atoms with Gasteiger partial charge in [0.2, 0.25) is 0 Å². The number of hydrogen-bond donors (Lipinski definition) is 1. The minimum atomic E-state index is -1.20. The summed E-state index contributed by atoms with van der Waals surface area (Å²) < 4.78 is 5.28.